The third kappa shape index (κ3) is 1.84. The van der Waals surface area contributed by atoms with Gasteiger partial charge in [0.15, 0.2) is 11.5 Å². The highest BCUT2D eigenvalue weighted by atomic mass is 16.5. The lowest BCUT2D eigenvalue weighted by Gasteiger charge is -2.08. The summed E-state index contributed by atoms with van der Waals surface area (Å²) in [5.74, 6) is 0.584. The molecule has 16 heavy (non-hydrogen) atoms. The molecule has 0 bridgehead atoms. The Balaban J connectivity index is 2.51. The third-order valence-corrected chi connectivity index (χ3v) is 2.41. The van der Waals surface area contributed by atoms with Gasteiger partial charge in [-0.1, -0.05) is 12.1 Å². The van der Waals surface area contributed by atoms with Crippen molar-refractivity contribution in [2.45, 2.75) is 6.92 Å². The molecule has 0 aliphatic rings. The Morgan fingerprint density at radius 1 is 1.19 bits per heavy atom. The molecule has 82 valence electrons. The van der Waals surface area contributed by atoms with Gasteiger partial charge in [0.2, 0.25) is 0 Å². The summed E-state index contributed by atoms with van der Waals surface area (Å²) >= 11 is 0. The molecule has 1 heterocycles. The molecule has 1 aromatic heterocycles. The molecule has 0 aliphatic heterocycles. The normalized spacial score (nSPS) is 10.1. The van der Waals surface area contributed by atoms with Crippen molar-refractivity contribution in [2.75, 3.05) is 7.11 Å². The fourth-order valence-corrected chi connectivity index (χ4v) is 1.52. The number of aromatic hydroxyl groups is 1. The zero-order chi connectivity index (χ0) is 11.5. The van der Waals surface area contributed by atoms with E-state index in [0.717, 1.165) is 11.3 Å². The molecule has 1 N–H and O–H groups in total. The second-order valence-corrected chi connectivity index (χ2v) is 3.58. The summed E-state index contributed by atoms with van der Waals surface area (Å²) in [6.07, 6.45) is 1.77. The lowest BCUT2D eigenvalue weighted by atomic mass is 10.1. The van der Waals surface area contributed by atoms with Crippen LogP contribution in [-0.4, -0.2) is 17.2 Å². The van der Waals surface area contributed by atoms with Gasteiger partial charge in [-0.25, -0.2) is 0 Å². The summed E-state index contributed by atoms with van der Waals surface area (Å²) in [5, 5.41) is 9.95. The number of aryl methyl sites for hydroxylation is 1. The minimum Gasteiger partial charge on any atom is -0.504 e. The number of para-hydroxylation sites is 1. The second kappa shape index (κ2) is 4.23. The van der Waals surface area contributed by atoms with Crippen LogP contribution in [0.2, 0.25) is 0 Å². The molecule has 0 atom stereocenters. The highest BCUT2D eigenvalue weighted by Crippen LogP contribution is 2.35. The van der Waals surface area contributed by atoms with Crippen molar-refractivity contribution in [1.29, 1.82) is 0 Å². The fraction of sp³-hybridized carbons (Fsp3) is 0.154. The Morgan fingerprint density at radius 2 is 2.00 bits per heavy atom. The molecule has 0 amide bonds. The average molecular weight is 215 g/mol. The Hall–Kier alpha value is -2.03. The number of phenols is 1. The van der Waals surface area contributed by atoms with Gasteiger partial charge in [-0.05, 0) is 30.7 Å². The predicted molar refractivity (Wildman–Crippen MR) is 62.6 cm³/mol. The van der Waals surface area contributed by atoms with Crippen LogP contribution in [-0.2, 0) is 0 Å². The Morgan fingerprint density at radius 3 is 2.62 bits per heavy atom. The summed E-state index contributed by atoms with van der Waals surface area (Å²) in [5.41, 5.74) is 2.51. The summed E-state index contributed by atoms with van der Waals surface area (Å²) in [6.45, 7) is 1.97. The van der Waals surface area contributed by atoms with E-state index in [2.05, 4.69) is 4.98 Å². The molecular weight excluding hydrogens is 202 g/mol. The first-order chi connectivity index (χ1) is 7.72. The molecule has 0 fully saturated rings. The van der Waals surface area contributed by atoms with Crippen LogP contribution < -0.4 is 4.74 Å². The predicted octanol–water partition coefficient (Wildman–Crippen LogP) is 2.77. The summed E-state index contributed by atoms with van der Waals surface area (Å²) < 4.78 is 5.05. The van der Waals surface area contributed by atoms with Gasteiger partial charge in [-0.2, -0.15) is 0 Å². The first-order valence-electron chi connectivity index (χ1n) is 5.01. The highest BCUT2D eigenvalue weighted by molar-refractivity contribution is 5.70. The number of methoxy groups -OCH3 is 1. The van der Waals surface area contributed by atoms with Gasteiger partial charge in [0.05, 0.1) is 12.8 Å². The van der Waals surface area contributed by atoms with Crippen molar-refractivity contribution in [3.05, 3.63) is 42.1 Å². The maximum Gasteiger partial charge on any atom is 0.167 e. The Kier molecular flexibility index (Phi) is 2.77. The Labute approximate surface area is 94.3 Å². The number of ether oxygens (including phenoxy) is 1. The number of hydrogen-bond acceptors (Lipinski definition) is 3. The molecule has 0 spiro atoms. The maximum absolute atomic E-state index is 9.95. The standard InChI is InChI=1S/C13H13NO2/c1-9-6-7-11(14-8-9)10-4-3-5-12(16-2)13(10)15/h3-8,15H,1-2H3. The number of phenolic OH excluding ortho intramolecular Hbond substituents is 1. The van der Waals surface area contributed by atoms with Crippen LogP contribution in [0.3, 0.4) is 0 Å². The van der Waals surface area contributed by atoms with E-state index >= 15 is 0 Å². The van der Waals surface area contributed by atoms with Crippen molar-refractivity contribution in [3.63, 3.8) is 0 Å². The van der Waals surface area contributed by atoms with Gasteiger partial charge >= 0.3 is 0 Å². The van der Waals surface area contributed by atoms with Crippen LogP contribution in [0.25, 0.3) is 11.3 Å². The van der Waals surface area contributed by atoms with E-state index in [1.54, 1.807) is 12.3 Å². The maximum atomic E-state index is 9.95. The molecule has 0 radical (unpaired) electrons. The molecule has 0 aliphatic carbocycles. The van der Waals surface area contributed by atoms with Crippen molar-refractivity contribution in [2.24, 2.45) is 0 Å². The topological polar surface area (TPSA) is 42.4 Å². The first-order valence-corrected chi connectivity index (χ1v) is 5.01. The minimum absolute atomic E-state index is 0.126. The molecule has 3 nitrogen and oxygen atoms in total. The third-order valence-electron chi connectivity index (χ3n) is 2.41. The number of hydrogen-bond donors (Lipinski definition) is 1. The molecule has 0 unspecified atom stereocenters. The molecule has 0 saturated carbocycles. The smallest absolute Gasteiger partial charge is 0.167 e. The van der Waals surface area contributed by atoms with Crippen LogP contribution in [0, 0.1) is 6.92 Å². The number of rotatable bonds is 2. The van der Waals surface area contributed by atoms with Crippen molar-refractivity contribution in [1.82, 2.24) is 4.98 Å². The number of benzene rings is 1. The van der Waals surface area contributed by atoms with Gasteiger partial charge in [-0.3, -0.25) is 4.98 Å². The minimum atomic E-state index is 0.126. The number of aromatic nitrogens is 1. The van der Waals surface area contributed by atoms with Crippen LogP contribution in [0.1, 0.15) is 5.56 Å². The zero-order valence-corrected chi connectivity index (χ0v) is 9.27. The largest absolute Gasteiger partial charge is 0.504 e. The van der Waals surface area contributed by atoms with E-state index in [-0.39, 0.29) is 5.75 Å². The van der Waals surface area contributed by atoms with E-state index in [0.29, 0.717) is 11.3 Å². The number of pyridine rings is 1. The average Bonchev–Trinajstić information content (AvgIpc) is 2.31. The van der Waals surface area contributed by atoms with Crippen LogP contribution >= 0.6 is 0 Å². The van der Waals surface area contributed by atoms with E-state index in [1.165, 1.54) is 7.11 Å². The van der Waals surface area contributed by atoms with Crippen LogP contribution in [0.5, 0.6) is 11.5 Å². The van der Waals surface area contributed by atoms with Gasteiger partial charge in [-0.15, -0.1) is 0 Å². The lowest BCUT2D eigenvalue weighted by Crippen LogP contribution is -1.88. The molecule has 1 aromatic carbocycles. The summed E-state index contributed by atoms with van der Waals surface area (Å²) in [7, 11) is 1.53. The van der Waals surface area contributed by atoms with Crippen molar-refractivity contribution in [3.8, 4) is 22.8 Å². The first kappa shape index (κ1) is 10.5. The van der Waals surface area contributed by atoms with Crippen LogP contribution in [0.15, 0.2) is 36.5 Å². The SMILES string of the molecule is COc1cccc(-c2ccc(C)cn2)c1O. The molecule has 3 heteroatoms. The molecular formula is C13H13NO2. The Bertz CT molecular complexity index is 492. The molecule has 2 aromatic rings. The summed E-state index contributed by atoms with van der Waals surface area (Å²) in [6, 6.07) is 9.20. The second-order valence-electron chi connectivity index (χ2n) is 3.58. The highest BCUT2D eigenvalue weighted by Gasteiger charge is 2.09. The zero-order valence-electron chi connectivity index (χ0n) is 9.27. The van der Waals surface area contributed by atoms with E-state index in [9.17, 15) is 5.11 Å². The van der Waals surface area contributed by atoms with Gasteiger partial charge in [0.1, 0.15) is 0 Å². The van der Waals surface area contributed by atoms with Crippen molar-refractivity contribution < 1.29 is 9.84 Å². The van der Waals surface area contributed by atoms with Gasteiger partial charge in [0.25, 0.3) is 0 Å². The molecule has 2 rings (SSSR count). The van der Waals surface area contributed by atoms with E-state index < -0.39 is 0 Å². The van der Waals surface area contributed by atoms with E-state index in [4.69, 9.17) is 4.74 Å². The lowest BCUT2D eigenvalue weighted by molar-refractivity contribution is 0.374. The fourth-order valence-electron chi connectivity index (χ4n) is 1.52. The summed E-state index contributed by atoms with van der Waals surface area (Å²) in [4.78, 5) is 4.27. The number of nitrogens with zero attached hydrogens (tertiary/aromatic N) is 1. The quantitative estimate of drug-likeness (QED) is 0.837. The molecule has 0 saturated heterocycles. The van der Waals surface area contributed by atoms with Gasteiger partial charge < -0.3 is 9.84 Å². The van der Waals surface area contributed by atoms with Gasteiger partial charge in [0, 0.05) is 11.8 Å². The van der Waals surface area contributed by atoms with Crippen LogP contribution in [0.4, 0.5) is 0 Å². The van der Waals surface area contributed by atoms with Crippen molar-refractivity contribution >= 4 is 0 Å². The monoisotopic (exact) mass is 215 g/mol. The van der Waals surface area contributed by atoms with E-state index in [1.807, 2.05) is 31.2 Å².